The van der Waals surface area contributed by atoms with E-state index in [0.29, 0.717) is 11.1 Å². The Morgan fingerprint density at radius 1 is 1.05 bits per heavy atom. The van der Waals surface area contributed by atoms with Gasteiger partial charge in [0.2, 0.25) is 0 Å². The molecule has 0 spiro atoms. The standard InChI is InChI=1S/C15H13ClF2O/c1-9-5-11(7-12(17)6-9)15(16)10-3-4-14(19-2)13(18)8-10/h3-8,15H,1-2H3. The van der Waals surface area contributed by atoms with Gasteiger partial charge in [0, 0.05) is 0 Å². The third-order valence-electron chi connectivity index (χ3n) is 2.83. The minimum atomic E-state index is -0.602. The summed E-state index contributed by atoms with van der Waals surface area (Å²) in [5.41, 5.74) is 1.93. The molecule has 2 aromatic rings. The van der Waals surface area contributed by atoms with Crippen molar-refractivity contribution in [3.8, 4) is 5.75 Å². The molecule has 0 aliphatic carbocycles. The normalized spacial score (nSPS) is 12.3. The van der Waals surface area contributed by atoms with Crippen LogP contribution in [-0.2, 0) is 0 Å². The van der Waals surface area contributed by atoms with Crippen LogP contribution in [-0.4, -0.2) is 7.11 Å². The summed E-state index contributed by atoms with van der Waals surface area (Å²) < 4.78 is 31.8. The number of aryl methyl sites for hydroxylation is 1. The summed E-state index contributed by atoms with van der Waals surface area (Å²) in [6.07, 6.45) is 0. The Kier molecular flexibility index (Phi) is 4.05. The van der Waals surface area contributed by atoms with Gasteiger partial charge >= 0.3 is 0 Å². The van der Waals surface area contributed by atoms with Gasteiger partial charge in [-0.1, -0.05) is 12.1 Å². The molecule has 0 heterocycles. The van der Waals surface area contributed by atoms with Crippen LogP contribution in [0.15, 0.2) is 36.4 Å². The average Bonchev–Trinajstić information content (AvgIpc) is 2.36. The summed E-state index contributed by atoms with van der Waals surface area (Å²) in [6, 6.07) is 9.03. The topological polar surface area (TPSA) is 9.23 Å². The van der Waals surface area contributed by atoms with Gasteiger partial charge in [0.05, 0.1) is 12.5 Å². The number of hydrogen-bond donors (Lipinski definition) is 0. The summed E-state index contributed by atoms with van der Waals surface area (Å²) in [5.74, 6) is -0.684. The van der Waals surface area contributed by atoms with Crippen LogP contribution in [0.5, 0.6) is 5.75 Å². The van der Waals surface area contributed by atoms with Gasteiger partial charge in [-0.3, -0.25) is 0 Å². The third-order valence-corrected chi connectivity index (χ3v) is 3.33. The molecule has 0 aliphatic rings. The maximum Gasteiger partial charge on any atom is 0.165 e. The van der Waals surface area contributed by atoms with E-state index in [0.717, 1.165) is 5.56 Å². The highest BCUT2D eigenvalue weighted by atomic mass is 35.5. The van der Waals surface area contributed by atoms with Crippen molar-refractivity contribution in [2.45, 2.75) is 12.3 Å². The van der Waals surface area contributed by atoms with Crippen molar-refractivity contribution in [3.05, 3.63) is 64.7 Å². The molecule has 0 aliphatic heterocycles. The molecular weight excluding hydrogens is 270 g/mol. The van der Waals surface area contributed by atoms with Crippen molar-refractivity contribution in [3.63, 3.8) is 0 Å². The van der Waals surface area contributed by atoms with Crippen LogP contribution < -0.4 is 4.74 Å². The van der Waals surface area contributed by atoms with Crippen LogP contribution in [0, 0.1) is 18.6 Å². The first kappa shape index (κ1) is 13.8. The van der Waals surface area contributed by atoms with E-state index in [2.05, 4.69) is 0 Å². The highest BCUT2D eigenvalue weighted by molar-refractivity contribution is 6.22. The SMILES string of the molecule is COc1ccc(C(Cl)c2cc(C)cc(F)c2)cc1F. The van der Waals surface area contributed by atoms with Gasteiger partial charge in [-0.15, -0.1) is 11.6 Å². The molecule has 4 heteroatoms. The Hall–Kier alpha value is -1.61. The zero-order valence-electron chi connectivity index (χ0n) is 10.6. The molecule has 0 N–H and O–H groups in total. The maximum atomic E-state index is 13.6. The van der Waals surface area contributed by atoms with E-state index in [1.165, 1.54) is 31.4 Å². The number of rotatable bonds is 3. The van der Waals surface area contributed by atoms with E-state index >= 15 is 0 Å². The van der Waals surface area contributed by atoms with Gasteiger partial charge in [-0.25, -0.2) is 8.78 Å². The van der Waals surface area contributed by atoms with Crippen LogP contribution >= 0.6 is 11.6 Å². The second-order valence-electron chi connectivity index (χ2n) is 4.32. The lowest BCUT2D eigenvalue weighted by Gasteiger charge is -2.12. The summed E-state index contributed by atoms with van der Waals surface area (Å²) in [6.45, 7) is 1.78. The van der Waals surface area contributed by atoms with E-state index in [-0.39, 0.29) is 11.6 Å². The number of halogens is 3. The van der Waals surface area contributed by atoms with Crippen molar-refractivity contribution >= 4 is 11.6 Å². The molecule has 1 atom stereocenters. The van der Waals surface area contributed by atoms with Gasteiger partial charge in [-0.2, -0.15) is 0 Å². The molecule has 0 saturated heterocycles. The Bertz CT molecular complexity index is 578. The van der Waals surface area contributed by atoms with Crippen LogP contribution in [0.2, 0.25) is 0 Å². The fraction of sp³-hybridized carbons (Fsp3) is 0.200. The molecule has 0 bridgehead atoms. The van der Waals surface area contributed by atoms with E-state index in [4.69, 9.17) is 16.3 Å². The summed E-state index contributed by atoms with van der Waals surface area (Å²) >= 11 is 6.27. The molecule has 0 radical (unpaired) electrons. The fourth-order valence-corrected chi connectivity index (χ4v) is 2.21. The Morgan fingerprint density at radius 2 is 1.79 bits per heavy atom. The first-order valence-electron chi connectivity index (χ1n) is 5.76. The van der Waals surface area contributed by atoms with Gasteiger partial charge in [0.15, 0.2) is 11.6 Å². The molecule has 2 aromatic carbocycles. The van der Waals surface area contributed by atoms with Gasteiger partial charge in [-0.05, 0) is 47.9 Å². The van der Waals surface area contributed by atoms with E-state index in [1.54, 1.807) is 19.1 Å². The van der Waals surface area contributed by atoms with Gasteiger partial charge in [0.25, 0.3) is 0 Å². The molecule has 0 amide bonds. The van der Waals surface area contributed by atoms with E-state index < -0.39 is 11.2 Å². The van der Waals surface area contributed by atoms with Crippen LogP contribution in [0.4, 0.5) is 8.78 Å². The second kappa shape index (κ2) is 5.57. The van der Waals surface area contributed by atoms with E-state index in [1.807, 2.05) is 0 Å². The number of benzene rings is 2. The smallest absolute Gasteiger partial charge is 0.165 e. The summed E-state index contributed by atoms with van der Waals surface area (Å²) in [4.78, 5) is 0. The average molecular weight is 283 g/mol. The van der Waals surface area contributed by atoms with Crippen molar-refractivity contribution < 1.29 is 13.5 Å². The lowest BCUT2D eigenvalue weighted by Crippen LogP contribution is -1.97. The summed E-state index contributed by atoms with van der Waals surface area (Å²) in [7, 11) is 1.40. The van der Waals surface area contributed by atoms with Crippen LogP contribution in [0.1, 0.15) is 22.1 Å². The molecule has 0 fully saturated rings. The Labute approximate surface area is 115 Å². The van der Waals surface area contributed by atoms with Crippen molar-refractivity contribution in [2.75, 3.05) is 7.11 Å². The number of hydrogen-bond acceptors (Lipinski definition) is 1. The second-order valence-corrected chi connectivity index (χ2v) is 4.75. The first-order chi connectivity index (χ1) is 9.01. The van der Waals surface area contributed by atoms with Crippen molar-refractivity contribution in [1.82, 2.24) is 0 Å². The predicted octanol–water partition coefficient (Wildman–Crippen LogP) is 4.61. The number of alkyl halides is 1. The molecule has 1 nitrogen and oxygen atoms in total. The zero-order chi connectivity index (χ0) is 14.0. The fourth-order valence-electron chi connectivity index (χ4n) is 1.94. The predicted molar refractivity (Wildman–Crippen MR) is 71.8 cm³/mol. The molecule has 1 unspecified atom stereocenters. The highest BCUT2D eigenvalue weighted by Gasteiger charge is 2.14. The monoisotopic (exact) mass is 282 g/mol. The lowest BCUT2D eigenvalue weighted by molar-refractivity contribution is 0.386. The molecule has 0 aromatic heterocycles. The highest BCUT2D eigenvalue weighted by Crippen LogP contribution is 2.32. The molecule has 0 saturated carbocycles. The molecule has 2 rings (SSSR count). The van der Waals surface area contributed by atoms with Crippen molar-refractivity contribution in [2.24, 2.45) is 0 Å². The largest absolute Gasteiger partial charge is 0.494 e. The van der Waals surface area contributed by atoms with Crippen molar-refractivity contribution in [1.29, 1.82) is 0 Å². The first-order valence-corrected chi connectivity index (χ1v) is 6.19. The van der Waals surface area contributed by atoms with Gasteiger partial charge in [0.1, 0.15) is 5.82 Å². The Balaban J connectivity index is 2.38. The number of ether oxygens (including phenoxy) is 1. The minimum Gasteiger partial charge on any atom is -0.494 e. The third kappa shape index (κ3) is 3.04. The molecule has 100 valence electrons. The number of methoxy groups -OCH3 is 1. The van der Waals surface area contributed by atoms with E-state index in [9.17, 15) is 8.78 Å². The quantitative estimate of drug-likeness (QED) is 0.747. The lowest BCUT2D eigenvalue weighted by atomic mass is 10.0. The van der Waals surface area contributed by atoms with Crippen LogP contribution in [0.3, 0.4) is 0 Å². The van der Waals surface area contributed by atoms with Crippen LogP contribution in [0.25, 0.3) is 0 Å². The molecular formula is C15H13ClF2O. The Morgan fingerprint density at radius 3 is 2.37 bits per heavy atom. The summed E-state index contributed by atoms with van der Waals surface area (Å²) in [5, 5.41) is -0.602. The minimum absolute atomic E-state index is 0.156. The zero-order valence-corrected chi connectivity index (χ0v) is 11.3. The molecule has 19 heavy (non-hydrogen) atoms. The van der Waals surface area contributed by atoms with Gasteiger partial charge < -0.3 is 4.74 Å². The maximum absolute atomic E-state index is 13.6.